The molecule has 1 saturated heterocycles. The van der Waals surface area contributed by atoms with Gasteiger partial charge in [0.2, 0.25) is 5.91 Å². The number of amides is 1. The first kappa shape index (κ1) is 19.3. The highest BCUT2D eigenvalue weighted by atomic mass is 16.5. The molecule has 0 saturated carbocycles. The van der Waals surface area contributed by atoms with Crippen molar-refractivity contribution in [1.29, 1.82) is 0 Å². The molecule has 1 fully saturated rings. The minimum absolute atomic E-state index is 0.0948. The molecule has 2 aliphatic heterocycles. The smallest absolute Gasteiger partial charge is 0.246 e. The molecule has 1 amide bonds. The van der Waals surface area contributed by atoms with Crippen molar-refractivity contribution in [2.75, 3.05) is 46.4 Å². The van der Waals surface area contributed by atoms with Gasteiger partial charge in [-0.05, 0) is 44.3 Å². The predicted molar refractivity (Wildman–Crippen MR) is 101 cm³/mol. The monoisotopic (exact) mass is 363 g/mol. The molecule has 0 aromatic carbocycles. The van der Waals surface area contributed by atoms with Crippen LogP contribution in [0.1, 0.15) is 37.6 Å². The fraction of sp³-hybridized carbons (Fsp3) is 0.789. The zero-order valence-electron chi connectivity index (χ0n) is 16.2. The van der Waals surface area contributed by atoms with Gasteiger partial charge in [-0.1, -0.05) is 6.92 Å². The summed E-state index contributed by atoms with van der Waals surface area (Å²) in [6.07, 6.45) is 3.81. The summed E-state index contributed by atoms with van der Waals surface area (Å²) in [5.41, 5.74) is 2.20. The van der Waals surface area contributed by atoms with E-state index in [-0.39, 0.29) is 12.5 Å². The molecule has 0 radical (unpaired) electrons. The fourth-order valence-electron chi connectivity index (χ4n) is 4.15. The van der Waals surface area contributed by atoms with Crippen LogP contribution in [0.2, 0.25) is 0 Å². The van der Waals surface area contributed by atoms with Crippen LogP contribution < -0.4 is 5.32 Å². The molecule has 0 bridgehead atoms. The number of carbonyl (C=O) groups is 1. The second-order valence-electron chi connectivity index (χ2n) is 7.55. The van der Waals surface area contributed by atoms with Gasteiger partial charge in [0.15, 0.2) is 0 Å². The summed E-state index contributed by atoms with van der Waals surface area (Å²) in [5, 5.41) is 7.53. The van der Waals surface area contributed by atoms with Crippen molar-refractivity contribution in [2.45, 2.75) is 45.8 Å². The maximum atomic E-state index is 11.6. The summed E-state index contributed by atoms with van der Waals surface area (Å²) in [6, 6.07) is 2.14. The molecule has 3 rings (SSSR count). The summed E-state index contributed by atoms with van der Waals surface area (Å²) in [5.74, 6) is 0.682. The highest BCUT2D eigenvalue weighted by molar-refractivity contribution is 5.77. The lowest BCUT2D eigenvalue weighted by Crippen LogP contribution is -2.40. The molecular weight excluding hydrogens is 330 g/mol. The van der Waals surface area contributed by atoms with Crippen LogP contribution in [0.5, 0.6) is 0 Å². The zero-order chi connectivity index (χ0) is 18.4. The van der Waals surface area contributed by atoms with E-state index < -0.39 is 0 Å². The number of carbonyl (C=O) groups excluding carboxylic acids is 1. The van der Waals surface area contributed by atoms with Gasteiger partial charge in [0.05, 0.1) is 17.9 Å². The van der Waals surface area contributed by atoms with Crippen molar-refractivity contribution in [2.24, 2.45) is 5.92 Å². The van der Waals surface area contributed by atoms with Gasteiger partial charge in [0.1, 0.15) is 6.61 Å². The minimum atomic E-state index is -0.102. The van der Waals surface area contributed by atoms with Crippen LogP contribution in [0.4, 0.5) is 0 Å². The molecule has 7 heteroatoms. The lowest BCUT2D eigenvalue weighted by Gasteiger charge is -2.34. The van der Waals surface area contributed by atoms with Crippen molar-refractivity contribution >= 4 is 5.91 Å². The summed E-state index contributed by atoms with van der Waals surface area (Å²) in [4.78, 5) is 16.7. The van der Waals surface area contributed by atoms with Gasteiger partial charge in [0, 0.05) is 39.8 Å². The molecule has 1 N–H and O–H groups in total. The Morgan fingerprint density at radius 1 is 1.31 bits per heavy atom. The maximum absolute atomic E-state index is 11.6. The van der Waals surface area contributed by atoms with Crippen LogP contribution >= 0.6 is 0 Å². The number of hydrogen-bond donors (Lipinski definition) is 1. The van der Waals surface area contributed by atoms with Gasteiger partial charge < -0.3 is 15.0 Å². The first-order valence-corrected chi connectivity index (χ1v) is 9.94. The second-order valence-corrected chi connectivity index (χ2v) is 7.55. The standard InChI is InChI=1S/C19H33N5O2/c1-3-22-7-4-6-16(12-22)13-23-8-5-9-24-18(14-23)10-17(21-24)11-20-19(25)15-26-2/h10,16H,3-9,11-15H2,1-2H3,(H,20,25). The molecule has 0 spiro atoms. The van der Waals surface area contributed by atoms with E-state index in [2.05, 4.69) is 37.9 Å². The molecule has 146 valence electrons. The Hall–Kier alpha value is -1.44. The Morgan fingerprint density at radius 3 is 2.96 bits per heavy atom. The Bertz CT molecular complexity index is 588. The maximum Gasteiger partial charge on any atom is 0.246 e. The molecule has 1 unspecified atom stereocenters. The van der Waals surface area contributed by atoms with Gasteiger partial charge in [-0.15, -0.1) is 0 Å². The van der Waals surface area contributed by atoms with Gasteiger partial charge in [-0.25, -0.2) is 0 Å². The van der Waals surface area contributed by atoms with Gasteiger partial charge >= 0.3 is 0 Å². The SMILES string of the molecule is CCN1CCCC(CN2CCCn3nc(CNC(=O)COC)cc3C2)C1. The number of nitrogens with zero attached hydrogens (tertiary/aromatic N) is 4. The zero-order valence-corrected chi connectivity index (χ0v) is 16.2. The van der Waals surface area contributed by atoms with Crippen molar-refractivity contribution < 1.29 is 9.53 Å². The first-order chi connectivity index (χ1) is 12.7. The summed E-state index contributed by atoms with van der Waals surface area (Å²) < 4.78 is 6.97. The average molecular weight is 364 g/mol. The number of rotatable bonds is 7. The highest BCUT2D eigenvalue weighted by Gasteiger charge is 2.23. The number of aromatic nitrogens is 2. The van der Waals surface area contributed by atoms with Crippen LogP contribution in [0, 0.1) is 5.92 Å². The Balaban J connectivity index is 1.54. The van der Waals surface area contributed by atoms with Crippen molar-refractivity contribution in [3.63, 3.8) is 0 Å². The number of hydrogen-bond acceptors (Lipinski definition) is 5. The van der Waals surface area contributed by atoms with Gasteiger partial charge in [0.25, 0.3) is 0 Å². The second kappa shape index (κ2) is 9.48. The highest BCUT2D eigenvalue weighted by Crippen LogP contribution is 2.20. The lowest BCUT2D eigenvalue weighted by molar-refractivity contribution is -0.124. The quantitative estimate of drug-likeness (QED) is 0.786. The number of fused-ring (bicyclic) bond motifs is 1. The average Bonchev–Trinajstić information content (AvgIpc) is 2.92. The van der Waals surface area contributed by atoms with E-state index in [4.69, 9.17) is 4.74 Å². The number of aryl methyl sites for hydroxylation is 1. The molecule has 26 heavy (non-hydrogen) atoms. The van der Waals surface area contributed by atoms with E-state index in [1.165, 1.54) is 51.8 Å². The normalized spacial score (nSPS) is 22.0. The molecule has 1 aromatic heterocycles. The number of nitrogens with one attached hydrogen (secondary N) is 1. The van der Waals surface area contributed by atoms with Crippen molar-refractivity contribution in [1.82, 2.24) is 24.9 Å². The van der Waals surface area contributed by atoms with Crippen molar-refractivity contribution in [3.8, 4) is 0 Å². The van der Waals surface area contributed by atoms with Crippen LogP contribution in [0.25, 0.3) is 0 Å². The first-order valence-electron chi connectivity index (χ1n) is 9.94. The van der Waals surface area contributed by atoms with E-state index in [1.54, 1.807) is 0 Å². The number of ether oxygens (including phenoxy) is 1. The van der Waals surface area contributed by atoms with Crippen LogP contribution in [0.15, 0.2) is 6.07 Å². The fourth-order valence-corrected chi connectivity index (χ4v) is 4.15. The topological polar surface area (TPSA) is 62.6 Å². The van der Waals surface area contributed by atoms with Crippen LogP contribution in [-0.4, -0.2) is 71.9 Å². The predicted octanol–water partition coefficient (Wildman–Crippen LogP) is 1.08. The molecule has 0 aliphatic carbocycles. The summed E-state index contributed by atoms with van der Waals surface area (Å²) >= 11 is 0. The van der Waals surface area contributed by atoms with E-state index in [0.717, 1.165) is 37.7 Å². The number of piperidine rings is 1. The molecule has 7 nitrogen and oxygen atoms in total. The molecular formula is C19H33N5O2. The van der Waals surface area contributed by atoms with E-state index in [0.29, 0.717) is 6.54 Å². The Morgan fingerprint density at radius 2 is 2.15 bits per heavy atom. The molecule has 1 aromatic rings. The summed E-state index contributed by atoms with van der Waals surface area (Å²) in [7, 11) is 1.53. The van der Waals surface area contributed by atoms with E-state index in [1.807, 2.05) is 0 Å². The molecule has 2 aliphatic rings. The third-order valence-corrected chi connectivity index (χ3v) is 5.45. The largest absolute Gasteiger partial charge is 0.375 e. The van der Waals surface area contributed by atoms with Crippen molar-refractivity contribution in [3.05, 3.63) is 17.5 Å². The molecule has 3 heterocycles. The summed E-state index contributed by atoms with van der Waals surface area (Å²) in [6.45, 7) is 10.7. The van der Waals surface area contributed by atoms with Gasteiger partial charge in [-0.3, -0.25) is 14.4 Å². The van der Waals surface area contributed by atoms with E-state index in [9.17, 15) is 4.79 Å². The Kier molecular flexibility index (Phi) is 7.05. The van der Waals surface area contributed by atoms with Crippen LogP contribution in [0.3, 0.4) is 0 Å². The third-order valence-electron chi connectivity index (χ3n) is 5.45. The van der Waals surface area contributed by atoms with E-state index >= 15 is 0 Å². The van der Waals surface area contributed by atoms with Crippen LogP contribution in [-0.2, 0) is 29.2 Å². The molecule has 1 atom stereocenters. The minimum Gasteiger partial charge on any atom is -0.375 e. The number of methoxy groups -OCH3 is 1. The third kappa shape index (κ3) is 5.28. The number of likely N-dealkylation sites (tertiary alicyclic amines) is 1. The Labute approximate surface area is 156 Å². The van der Waals surface area contributed by atoms with Gasteiger partial charge in [-0.2, -0.15) is 5.10 Å². The lowest BCUT2D eigenvalue weighted by atomic mass is 9.97.